The molecule has 0 amide bonds. The van der Waals surface area contributed by atoms with Gasteiger partial charge in [-0.25, -0.2) is 0 Å². The molecule has 3 atom stereocenters. The Morgan fingerprint density at radius 1 is 1.33 bits per heavy atom. The van der Waals surface area contributed by atoms with Crippen LogP contribution in [0.5, 0.6) is 0 Å². The van der Waals surface area contributed by atoms with Gasteiger partial charge in [-0.15, -0.1) is 0 Å². The topological polar surface area (TPSA) is 0 Å². The highest BCUT2D eigenvalue weighted by molar-refractivity contribution is 5.34. The van der Waals surface area contributed by atoms with Crippen LogP contribution in [0.3, 0.4) is 0 Å². The summed E-state index contributed by atoms with van der Waals surface area (Å²) < 4.78 is 0. The lowest BCUT2D eigenvalue weighted by Gasteiger charge is -2.20. The summed E-state index contributed by atoms with van der Waals surface area (Å²) in [5.74, 6) is 2.15. The largest absolute Gasteiger partial charge is 0.0648 e. The molecule has 0 aromatic heterocycles. The highest BCUT2D eigenvalue weighted by Crippen LogP contribution is 2.92. The van der Waals surface area contributed by atoms with Crippen molar-refractivity contribution in [3.63, 3.8) is 0 Å². The summed E-state index contributed by atoms with van der Waals surface area (Å²) in [7, 11) is 0. The van der Waals surface area contributed by atoms with Crippen molar-refractivity contribution >= 4 is 0 Å². The predicted octanol–water partition coefficient (Wildman–Crippen LogP) is 2.69. The van der Waals surface area contributed by atoms with Crippen LogP contribution in [0.15, 0.2) is 0 Å². The molecule has 9 heavy (non-hydrogen) atoms. The average molecular weight is 124 g/mol. The summed E-state index contributed by atoms with van der Waals surface area (Å²) in [4.78, 5) is 0. The van der Waals surface area contributed by atoms with Gasteiger partial charge in [0.25, 0.3) is 0 Å². The number of rotatable bonds is 1. The number of hydrogen-bond donors (Lipinski definition) is 0. The molecule has 0 nitrogen and oxygen atoms in total. The third-order valence-corrected chi connectivity index (χ3v) is 4.24. The quantitative estimate of drug-likeness (QED) is 0.504. The van der Waals surface area contributed by atoms with Crippen molar-refractivity contribution in [2.75, 3.05) is 0 Å². The molecule has 0 aliphatic heterocycles. The summed E-state index contributed by atoms with van der Waals surface area (Å²) in [5.41, 5.74) is 1.54. The standard InChI is InChI=1S/C9H16/c1-5-9-6(2)7(9)8(9,3)4/h6-7H,5H2,1-4H3. The molecule has 0 bridgehead atoms. The van der Waals surface area contributed by atoms with Crippen LogP contribution in [0.2, 0.25) is 0 Å². The average Bonchev–Trinajstić information content (AvgIpc) is 2.53. The first-order chi connectivity index (χ1) is 4.09. The van der Waals surface area contributed by atoms with Crippen molar-refractivity contribution in [2.45, 2.75) is 34.1 Å². The van der Waals surface area contributed by atoms with Gasteiger partial charge < -0.3 is 0 Å². The van der Waals surface area contributed by atoms with Gasteiger partial charge in [0.15, 0.2) is 0 Å². The highest BCUT2D eigenvalue weighted by atomic mass is 14.9. The predicted molar refractivity (Wildman–Crippen MR) is 39.2 cm³/mol. The fourth-order valence-corrected chi connectivity index (χ4v) is 3.67. The summed E-state index contributed by atoms with van der Waals surface area (Å²) in [5, 5.41) is 0. The smallest absolute Gasteiger partial charge is 0.0181 e. The Morgan fingerprint density at radius 3 is 1.89 bits per heavy atom. The Morgan fingerprint density at radius 2 is 1.89 bits per heavy atom. The summed E-state index contributed by atoms with van der Waals surface area (Å²) in [6, 6.07) is 0. The highest BCUT2D eigenvalue weighted by Gasteiger charge is 2.87. The Hall–Kier alpha value is 0. The zero-order chi connectivity index (χ0) is 6.86. The molecule has 3 unspecified atom stereocenters. The Bertz CT molecular complexity index is 157. The monoisotopic (exact) mass is 124 g/mol. The molecule has 2 aliphatic rings. The van der Waals surface area contributed by atoms with E-state index < -0.39 is 0 Å². The third kappa shape index (κ3) is 0.320. The Balaban J connectivity index is 2.18. The Kier molecular flexibility index (Phi) is 0.695. The number of fused-ring (bicyclic) bond motifs is 1. The summed E-state index contributed by atoms with van der Waals surface area (Å²) >= 11 is 0. The lowest BCUT2D eigenvalue weighted by molar-refractivity contribution is 0.284. The van der Waals surface area contributed by atoms with Crippen molar-refractivity contribution in [1.29, 1.82) is 0 Å². The minimum absolute atomic E-state index is 0.723. The molecule has 0 saturated heterocycles. The number of hydrogen-bond acceptors (Lipinski definition) is 0. The van der Waals surface area contributed by atoms with Gasteiger partial charge >= 0.3 is 0 Å². The van der Waals surface area contributed by atoms with Gasteiger partial charge in [-0.3, -0.25) is 0 Å². The van der Waals surface area contributed by atoms with E-state index in [0.29, 0.717) is 0 Å². The molecular formula is C9H16. The SMILES string of the molecule is CCC12C(C)C1C2(C)C. The molecule has 2 saturated carbocycles. The Labute approximate surface area is 57.6 Å². The van der Waals surface area contributed by atoms with Crippen LogP contribution in [0, 0.1) is 22.7 Å². The van der Waals surface area contributed by atoms with Crippen molar-refractivity contribution in [1.82, 2.24) is 0 Å². The van der Waals surface area contributed by atoms with Crippen molar-refractivity contribution in [3.8, 4) is 0 Å². The minimum Gasteiger partial charge on any atom is -0.0648 e. The molecule has 52 valence electrons. The van der Waals surface area contributed by atoms with Crippen LogP contribution in [-0.4, -0.2) is 0 Å². The lowest BCUT2D eigenvalue weighted by atomic mass is 9.84. The van der Waals surface area contributed by atoms with Crippen molar-refractivity contribution in [2.24, 2.45) is 22.7 Å². The van der Waals surface area contributed by atoms with Crippen LogP contribution < -0.4 is 0 Å². The molecule has 2 aliphatic carbocycles. The molecule has 2 rings (SSSR count). The molecule has 0 radical (unpaired) electrons. The van der Waals surface area contributed by atoms with Gasteiger partial charge in [-0.05, 0) is 29.1 Å². The van der Waals surface area contributed by atoms with Crippen molar-refractivity contribution < 1.29 is 0 Å². The zero-order valence-electron chi connectivity index (χ0n) is 6.86. The van der Waals surface area contributed by atoms with E-state index in [-0.39, 0.29) is 0 Å². The van der Waals surface area contributed by atoms with E-state index in [0.717, 1.165) is 22.7 Å². The second kappa shape index (κ2) is 1.09. The maximum Gasteiger partial charge on any atom is -0.0181 e. The molecule has 0 spiro atoms. The van der Waals surface area contributed by atoms with Crippen molar-refractivity contribution in [3.05, 3.63) is 0 Å². The van der Waals surface area contributed by atoms with Gasteiger partial charge in [0, 0.05) is 0 Å². The van der Waals surface area contributed by atoms with Gasteiger partial charge in [-0.2, -0.15) is 0 Å². The van der Waals surface area contributed by atoms with E-state index in [4.69, 9.17) is 0 Å². The minimum atomic E-state index is 0.723. The summed E-state index contributed by atoms with van der Waals surface area (Å²) in [6.45, 7) is 9.58. The first kappa shape index (κ1) is 5.76. The molecule has 0 heterocycles. The fraction of sp³-hybridized carbons (Fsp3) is 1.00. The van der Waals surface area contributed by atoms with E-state index in [9.17, 15) is 0 Å². The lowest BCUT2D eigenvalue weighted by Crippen LogP contribution is -2.13. The van der Waals surface area contributed by atoms with Gasteiger partial charge in [0.05, 0.1) is 0 Å². The van der Waals surface area contributed by atoms with Crippen LogP contribution in [0.1, 0.15) is 34.1 Å². The van der Waals surface area contributed by atoms with Gasteiger partial charge in [-0.1, -0.05) is 27.7 Å². The van der Waals surface area contributed by atoms with Gasteiger partial charge in [0.2, 0.25) is 0 Å². The molecule has 2 fully saturated rings. The normalized spacial score (nSPS) is 58.7. The van der Waals surface area contributed by atoms with Crippen LogP contribution in [0.25, 0.3) is 0 Å². The fourth-order valence-electron chi connectivity index (χ4n) is 3.67. The van der Waals surface area contributed by atoms with E-state index in [2.05, 4.69) is 27.7 Å². The second-order valence-electron chi connectivity index (χ2n) is 4.38. The summed E-state index contributed by atoms with van der Waals surface area (Å²) in [6.07, 6.45) is 1.41. The van der Waals surface area contributed by atoms with E-state index in [1.54, 1.807) is 0 Å². The zero-order valence-corrected chi connectivity index (χ0v) is 6.86. The molecule has 0 heteroatoms. The van der Waals surface area contributed by atoms with E-state index in [1.165, 1.54) is 6.42 Å². The van der Waals surface area contributed by atoms with Crippen LogP contribution in [0.4, 0.5) is 0 Å². The second-order valence-corrected chi connectivity index (χ2v) is 4.38. The van der Waals surface area contributed by atoms with E-state index >= 15 is 0 Å². The first-order valence-corrected chi connectivity index (χ1v) is 4.09. The van der Waals surface area contributed by atoms with Gasteiger partial charge in [0.1, 0.15) is 0 Å². The molecule has 0 aromatic rings. The maximum atomic E-state index is 2.42. The molecule has 0 N–H and O–H groups in total. The van der Waals surface area contributed by atoms with Crippen LogP contribution >= 0.6 is 0 Å². The third-order valence-electron chi connectivity index (χ3n) is 4.24. The molecule has 0 aromatic carbocycles. The van der Waals surface area contributed by atoms with Crippen LogP contribution in [-0.2, 0) is 0 Å². The van der Waals surface area contributed by atoms with E-state index in [1.807, 2.05) is 0 Å². The first-order valence-electron chi connectivity index (χ1n) is 4.09. The maximum absolute atomic E-state index is 2.42. The molecular weight excluding hydrogens is 108 g/mol.